The van der Waals surface area contributed by atoms with Crippen molar-refractivity contribution in [2.24, 2.45) is 5.92 Å². The number of hydrogen-bond acceptors (Lipinski definition) is 2. The molecule has 4 nitrogen and oxygen atoms in total. The number of imidazole rings is 1. The molecule has 18 heavy (non-hydrogen) atoms. The van der Waals surface area contributed by atoms with Gasteiger partial charge in [0.2, 0.25) is 0 Å². The lowest BCUT2D eigenvalue weighted by molar-refractivity contribution is 0.340. The zero-order valence-corrected chi connectivity index (χ0v) is 11.4. The second-order valence-electron chi connectivity index (χ2n) is 5.27. The third-order valence-corrected chi connectivity index (χ3v) is 3.95. The van der Waals surface area contributed by atoms with Gasteiger partial charge in [-0.1, -0.05) is 19.3 Å². The Labute approximate surface area is 109 Å². The minimum atomic E-state index is 0.108. The van der Waals surface area contributed by atoms with Gasteiger partial charge in [-0.15, -0.1) is 0 Å². The minimum absolute atomic E-state index is 0.108. The molecule has 0 radical (unpaired) electrons. The summed E-state index contributed by atoms with van der Waals surface area (Å²) >= 11 is 0. The van der Waals surface area contributed by atoms with Gasteiger partial charge >= 0.3 is 5.69 Å². The molecule has 1 saturated carbocycles. The van der Waals surface area contributed by atoms with E-state index in [-0.39, 0.29) is 5.69 Å². The van der Waals surface area contributed by atoms with Crippen LogP contribution in [0.2, 0.25) is 0 Å². The van der Waals surface area contributed by atoms with E-state index in [0.29, 0.717) is 0 Å². The van der Waals surface area contributed by atoms with Crippen LogP contribution < -0.4 is 11.0 Å². The van der Waals surface area contributed by atoms with Crippen LogP contribution in [0.3, 0.4) is 0 Å². The van der Waals surface area contributed by atoms with Crippen LogP contribution in [-0.2, 0) is 13.1 Å². The standard InChI is InChI=1S/C14H25N3O/c1-2-16-10-11-17(14(16)18)9-8-15-12-13-6-4-3-5-7-13/h10-11,13,15H,2-9,12H2,1H3. The first kappa shape index (κ1) is 13.4. The summed E-state index contributed by atoms with van der Waals surface area (Å²) in [6.07, 6.45) is 10.7. The van der Waals surface area contributed by atoms with E-state index in [4.69, 9.17) is 0 Å². The second-order valence-corrected chi connectivity index (χ2v) is 5.27. The van der Waals surface area contributed by atoms with Crippen molar-refractivity contribution in [2.75, 3.05) is 13.1 Å². The Hall–Kier alpha value is -1.03. The van der Waals surface area contributed by atoms with E-state index < -0.39 is 0 Å². The third kappa shape index (κ3) is 3.48. The quantitative estimate of drug-likeness (QED) is 0.784. The molecule has 4 heteroatoms. The van der Waals surface area contributed by atoms with Gasteiger partial charge in [0.15, 0.2) is 0 Å². The number of nitrogens with zero attached hydrogens (tertiary/aromatic N) is 2. The summed E-state index contributed by atoms with van der Waals surface area (Å²) in [4.78, 5) is 11.8. The molecule has 1 N–H and O–H groups in total. The lowest BCUT2D eigenvalue weighted by atomic mass is 9.89. The fourth-order valence-electron chi connectivity index (χ4n) is 2.76. The average molecular weight is 251 g/mol. The first-order valence-corrected chi connectivity index (χ1v) is 7.27. The highest BCUT2D eigenvalue weighted by molar-refractivity contribution is 4.81. The number of hydrogen-bond donors (Lipinski definition) is 1. The van der Waals surface area contributed by atoms with E-state index in [1.54, 1.807) is 9.13 Å². The van der Waals surface area contributed by atoms with Gasteiger partial charge in [-0.2, -0.15) is 0 Å². The molecule has 0 amide bonds. The van der Waals surface area contributed by atoms with Crippen LogP contribution >= 0.6 is 0 Å². The summed E-state index contributed by atoms with van der Waals surface area (Å²) in [6.45, 7) is 5.53. The molecule has 1 heterocycles. The Bertz CT molecular complexity index is 401. The van der Waals surface area contributed by atoms with Crippen LogP contribution in [0.1, 0.15) is 39.0 Å². The summed E-state index contributed by atoms with van der Waals surface area (Å²) in [5.74, 6) is 0.857. The van der Waals surface area contributed by atoms with Gasteiger partial charge in [-0.05, 0) is 32.2 Å². The summed E-state index contributed by atoms with van der Waals surface area (Å²) in [6, 6.07) is 0. The predicted octanol–water partition coefficient (Wildman–Crippen LogP) is 1.84. The summed E-state index contributed by atoms with van der Waals surface area (Å²) in [7, 11) is 0. The van der Waals surface area contributed by atoms with E-state index in [9.17, 15) is 4.79 Å². The van der Waals surface area contributed by atoms with Gasteiger partial charge in [-0.3, -0.25) is 9.13 Å². The van der Waals surface area contributed by atoms with Crippen molar-refractivity contribution in [2.45, 2.75) is 52.1 Å². The molecular formula is C14H25N3O. The normalized spacial score (nSPS) is 17.2. The topological polar surface area (TPSA) is 39.0 Å². The summed E-state index contributed by atoms with van der Waals surface area (Å²) in [5, 5.41) is 3.49. The summed E-state index contributed by atoms with van der Waals surface area (Å²) < 4.78 is 3.53. The number of aromatic nitrogens is 2. The Morgan fingerprint density at radius 1 is 1.22 bits per heavy atom. The molecule has 0 spiro atoms. The van der Waals surface area contributed by atoms with Crippen LogP contribution in [0.5, 0.6) is 0 Å². The lowest BCUT2D eigenvalue weighted by Crippen LogP contribution is -2.31. The summed E-state index contributed by atoms with van der Waals surface area (Å²) in [5.41, 5.74) is 0.108. The molecule has 0 bridgehead atoms. The van der Waals surface area contributed by atoms with Crippen molar-refractivity contribution in [3.63, 3.8) is 0 Å². The first-order valence-electron chi connectivity index (χ1n) is 7.27. The van der Waals surface area contributed by atoms with Gasteiger partial charge in [0.25, 0.3) is 0 Å². The minimum Gasteiger partial charge on any atom is -0.315 e. The molecule has 1 aromatic heterocycles. The van der Waals surface area contributed by atoms with Gasteiger partial charge in [0.1, 0.15) is 0 Å². The van der Waals surface area contributed by atoms with E-state index in [2.05, 4.69) is 5.32 Å². The molecule has 1 aromatic rings. The second kappa shape index (κ2) is 6.78. The molecule has 0 unspecified atom stereocenters. The molecule has 0 aliphatic heterocycles. The molecule has 0 saturated heterocycles. The van der Waals surface area contributed by atoms with Crippen molar-refractivity contribution < 1.29 is 0 Å². The van der Waals surface area contributed by atoms with Crippen LogP contribution in [0, 0.1) is 5.92 Å². The maximum Gasteiger partial charge on any atom is 0.328 e. The van der Waals surface area contributed by atoms with Crippen molar-refractivity contribution in [3.8, 4) is 0 Å². The van der Waals surface area contributed by atoms with Crippen molar-refractivity contribution in [3.05, 3.63) is 22.9 Å². The predicted molar refractivity (Wildman–Crippen MR) is 73.8 cm³/mol. The van der Waals surface area contributed by atoms with Gasteiger partial charge in [-0.25, -0.2) is 4.79 Å². The molecule has 1 aliphatic carbocycles. The molecule has 1 aliphatic rings. The maximum absolute atomic E-state index is 11.8. The molecule has 2 rings (SSSR count). The van der Waals surface area contributed by atoms with Crippen molar-refractivity contribution >= 4 is 0 Å². The van der Waals surface area contributed by atoms with Crippen LogP contribution in [0.15, 0.2) is 17.2 Å². The average Bonchev–Trinajstić information content (AvgIpc) is 2.77. The van der Waals surface area contributed by atoms with Gasteiger partial charge in [0.05, 0.1) is 0 Å². The number of aryl methyl sites for hydroxylation is 1. The molecule has 0 atom stereocenters. The Morgan fingerprint density at radius 3 is 2.61 bits per heavy atom. The van der Waals surface area contributed by atoms with E-state index in [1.807, 2.05) is 19.3 Å². The zero-order valence-electron chi connectivity index (χ0n) is 11.4. The van der Waals surface area contributed by atoms with Crippen LogP contribution in [0.4, 0.5) is 0 Å². The molecular weight excluding hydrogens is 226 g/mol. The van der Waals surface area contributed by atoms with Crippen molar-refractivity contribution in [1.82, 2.24) is 14.5 Å². The Balaban J connectivity index is 1.68. The first-order chi connectivity index (χ1) is 8.81. The SMILES string of the molecule is CCn1ccn(CCNCC2CCCCC2)c1=O. The van der Waals surface area contributed by atoms with Crippen molar-refractivity contribution in [1.29, 1.82) is 0 Å². The van der Waals surface area contributed by atoms with Crippen LogP contribution in [0.25, 0.3) is 0 Å². The smallest absolute Gasteiger partial charge is 0.315 e. The van der Waals surface area contributed by atoms with E-state index >= 15 is 0 Å². The molecule has 1 fully saturated rings. The fraction of sp³-hybridized carbons (Fsp3) is 0.786. The highest BCUT2D eigenvalue weighted by atomic mass is 16.1. The van der Waals surface area contributed by atoms with Gasteiger partial charge < -0.3 is 5.32 Å². The van der Waals surface area contributed by atoms with Crippen LogP contribution in [-0.4, -0.2) is 22.2 Å². The Morgan fingerprint density at radius 2 is 1.94 bits per heavy atom. The van der Waals surface area contributed by atoms with E-state index in [1.165, 1.54) is 32.1 Å². The van der Waals surface area contributed by atoms with Gasteiger partial charge in [0, 0.05) is 32.0 Å². The van der Waals surface area contributed by atoms with E-state index in [0.717, 1.165) is 32.1 Å². The Kier molecular flexibility index (Phi) is 5.05. The highest BCUT2D eigenvalue weighted by Crippen LogP contribution is 2.22. The molecule has 0 aromatic carbocycles. The molecule has 102 valence electrons. The zero-order chi connectivity index (χ0) is 12.8. The monoisotopic (exact) mass is 251 g/mol. The number of rotatable bonds is 6. The number of nitrogens with one attached hydrogen (secondary N) is 1. The lowest BCUT2D eigenvalue weighted by Gasteiger charge is -2.21. The highest BCUT2D eigenvalue weighted by Gasteiger charge is 2.12. The third-order valence-electron chi connectivity index (χ3n) is 3.95. The largest absolute Gasteiger partial charge is 0.328 e. The fourth-order valence-corrected chi connectivity index (χ4v) is 2.76. The maximum atomic E-state index is 11.8.